The van der Waals surface area contributed by atoms with Crippen LogP contribution in [0.25, 0.3) is 6.08 Å². The van der Waals surface area contributed by atoms with E-state index in [1.165, 1.54) is 28.8 Å². The number of thioether (sulfide) groups is 1. The molecule has 1 saturated heterocycles. The van der Waals surface area contributed by atoms with Gasteiger partial charge < -0.3 is 9.84 Å². The minimum atomic E-state index is -1.03. The Labute approximate surface area is 214 Å². The van der Waals surface area contributed by atoms with E-state index in [0.717, 1.165) is 15.6 Å². The Balaban J connectivity index is 1.49. The van der Waals surface area contributed by atoms with Gasteiger partial charge in [0.25, 0.3) is 5.91 Å². The maximum atomic E-state index is 12.7. The van der Waals surface area contributed by atoms with Crippen LogP contribution in [0.3, 0.4) is 0 Å². The van der Waals surface area contributed by atoms with Gasteiger partial charge in [-0.1, -0.05) is 35.9 Å². The highest BCUT2D eigenvalue weighted by atomic mass is 79.9. The lowest BCUT2D eigenvalue weighted by molar-refractivity contribution is -0.121. The van der Waals surface area contributed by atoms with Crippen molar-refractivity contribution in [2.24, 2.45) is 4.99 Å². The highest BCUT2D eigenvalue weighted by molar-refractivity contribution is 9.10. The number of aromatic carboxylic acids is 1. The van der Waals surface area contributed by atoms with Crippen LogP contribution in [0.2, 0.25) is 5.02 Å². The second-order valence-electron chi connectivity index (χ2n) is 7.33. The third-order valence-corrected chi connectivity index (χ3v) is 6.81. The molecule has 1 N–H and O–H groups in total. The van der Waals surface area contributed by atoms with Gasteiger partial charge in [0.1, 0.15) is 12.4 Å². The molecule has 0 radical (unpaired) electrons. The van der Waals surface area contributed by atoms with Gasteiger partial charge in [-0.15, -0.1) is 0 Å². The molecule has 34 heavy (non-hydrogen) atoms. The molecule has 6 nitrogen and oxygen atoms in total. The molecule has 0 unspecified atom stereocenters. The van der Waals surface area contributed by atoms with Crippen molar-refractivity contribution in [2.45, 2.75) is 6.61 Å². The molecule has 0 spiro atoms. The van der Waals surface area contributed by atoms with Crippen LogP contribution in [0.1, 0.15) is 21.5 Å². The van der Waals surface area contributed by atoms with Gasteiger partial charge >= 0.3 is 5.97 Å². The number of halogens is 2. The predicted molar refractivity (Wildman–Crippen MR) is 139 cm³/mol. The summed E-state index contributed by atoms with van der Waals surface area (Å²) in [6.45, 7) is 0.401. The second kappa shape index (κ2) is 10.5. The quantitative estimate of drug-likeness (QED) is 0.345. The molecule has 3 aromatic rings. The number of amides is 1. The topological polar surface area (TPSA) is 79.2 Å². The molecule has 172 valence electrons. The van der Waals surface area contributed by atoms with Crippen molar-refractivity contribution in [3.05, 3.63) is 97.8 Å². The zero-order valence-electron chi connectivity index (χ0n) is 17.9. The number of carbonyl (C=O) groups excluding carboxylic acids is 1. The number of amidine groups is 1. The van der Waals surface area contributed by atoms with E-state index < -0.39 is 5.97 Å². The van der Waals surface area contributed by atoms with E-state index in [4.69, 9.17) is 21.4 Å². The summed E-state index contributed by atoms with van der Waals surface area (Å²) in [5.74, 6) is -0.533. The van der Waals surface area contributed by atoms with E-state index in [1.807, 2.05) is 42.5 Å². The summed E-state index contributed by atoms with van der Waals surface area (Å²) in [6.07, 6.45) is 1.79. The minimum Gasteiger partial charge on any atom is -0.488 e. The molecular weight excluding hydrogens is 540 g/mol. The number of likely N-dealkylation sites (N-methyl/N-ethyl adjacent to an activating group) is 1. The molecule has 0 bridgehead atoms. The first-order valence-corrected chi connectivity index (χ1v) is 12.1. The van der Waals surface area contributed by atoms with E-state index >= 15 is 0 Å². The van der Waals surface area contributed by atoms with E-state index in [-0.39, 0.29) is 11.5 Å². The number of benzene rings is 3. The number of hydrogen-bond donors (Lipinski definition) is 1. The Morgan fingerprint density at radius 3 is 2.65 bits per heavy atom. The Morgan fingerprint density at radius 1 is 1.18 bits per heavy atom. The number of carboxylic acids is 1. The molecule has 0 saturated carbocycles. The highest BCUT2D eigenvalue weighted by Crippen LogP contribution is 2.35. The molecule has 3 aromatic carbocycles. The van der Waals surface area contributed by atoms with Crippen molar-refractivity contribution < 1.29 is 19.4 Å². The van der Waals surface area contributed by atoms with Crippen LogP contribution in [0.5, 0.6) is 5.75 Å². The summed E-state index contributed by atoms with van der Waals surface area (Å²) in [6, 6.07) is 19.3. The molecule has 0 aromatic heterocycles. The number of nitrogens with zero attached hydrogens (tertiary/aromatic N) is 2. The van der Waals surface area contributed by atoms with Crippen molar-refractivity contribution in [3.63, 3.8) is 0 Å². The maximum Gasteiger partial charge on any atom is 0.335 e. The fourth-order valence-corrected chi connectivity index (χ4v) is 4.71. The average Bonchev–Trinajstić information content (AvgIpc) is 3.07. The first-order chi connectivity index (χ1) is 16.3. The number of aliphatic imine (C=N–C) groups is 1. The summed E-state index contributed by atoms with van der Waals surface area (Å²) in [7, 11) is 1.64. The molecule has 1 aliphatic heterocycles. The third-order valence-electron chi connectivity index (χ3n) is 4.88. The van der Waals surface area contributed by atoms with Crippen LogP contribution in [-0.4, -0.2) is 34.1 Å². The second-order valence-corrected chi connectivity index (χ2v) is 9.63. The van der Waals surface area contributed by atoms with Crippen molar-refractivity contribution in [1.82, 2.24) is 4.90 Å². The van der Waals surface area contributed by atoms with Gasteiger partial charge in [-0.3, -0.25) is 9.69 Å². The first kappa shape index (κ1) is 24.1. The van der Waals surface area contributed by atoms with Gasteiger partial charge in [-0.25, -0.2) is 9.79 Å². The Hall–Kier alpha value is -3.07. The van der Waals surface area contributed by atoms with Crippen LogP contribution in [0.15, 0.2) is 81.1 Å². The average molecular weight is 558 g/mol. The van der Waals surface area contributed by atoms with E-state index in [9.17, 15) is 9.59 Å². The maximum absolute atomic E-state index is 12.7. The van der Waals surface area contributed by atoms with Crippen LogP contribution < -0.4 is 4.74 Å². The van der Waals surface area contributed by atoms with Crippen molar-refractivity contribution in [3.8, 4) is 5.75 Å². The van der Waals surface area contributed by atoms with E-state index in [2.05, 4.69) is 20.9 Å². The lowest BCUT2D eigenvalue weighted by Gasteiger charge is -2.09. The van der Waals surface area contributed by atoms with Gasteiger partial charge in [0.2, 0.25) is 0 Å². The lowest BCUT2D eigenvalue weighted by atomic mass is 10.2. The van der Waals surface area contributed by atoms with Crippen molar-refractivity contribution >= 4 is 68.1 Å². The molecule has 1 fully saturated rings. The number of hydrogen-bond acceptors (Lipinski definition) is 5. The van der Waals surface area contributed by atoms with Gasteiger partial charge in [0, 0.05) is 12.1 Å². The fraction of sp³-hybridized carbons (Fsp3) is 0.0800. The Morgan fingerprint density at radius 2 is 1.94 bits per heavy atom. The van der Waals surface area contributed by atoms with Gasteiger partial charge in [-0.2, -0.15) is 0 Å². The molecule has 0 aliphatic carbocycles. The zero-order valence-corrected chi connectivity index (χ0v) is 21.0. The summed E-state index contributed by atoms with van der Waals surface area (Å²) in [5.41, 5.74) is 2.43. The SMILES string of the molecule is CN1C(=O)/C(=C\c2ccc(OCc3ccc(Cl)cc3)c(Br)c2)SC1=Nc1cccc(C(=O)O)c1. The molecule has 1 heterocycles. The van der Waals surface area contributed by atoms with Crippen molar-refractivity contribution in [1.29, 1.82) is 0 Å². The molecule has 0 atom stereocenters. The van der Waals surface area contributed by atoms with Crippen LogP contribution >= 0.6 is 39.3 Å². The Bertz CT molecular complexity index is 1320. The normalized spacial score (nSPS) is 15.9. The fourth-order valence-electron chi connectivity index (χ4n) is 3.09. The first-order valence-electron chi connectivity index (χ1n) is 10.1. The zero-order chi connectivity index (χ0) is 24.2. The van der Waals surface area contributed by atoms with Crippen LogP contribution in [-0.2, 0) is 11.4 Å². The van der Waals surface area contributed by atoms with Gasteiger partial charge in [0.05, 0.1) is 20.6 Å². The van der Waals surface area contributed by atoms with Crippen molar-refractivity contribution in [2.75, 3.05) is 7.05 Å². The molecule has 9 heteroatoms. The van der Waals surface area contributed by atoms with E-state index in [0.29, 0.717) is 33.1 Å². The summed E-state index contributed by atoms with van der Waals surface area (Å²) >= 11 is 10.7. The highest BCUT2D eigenvalue weighted by Gasteiger charge is 2.30. The standard InChI is InChI=1S/C25H18BrClN2O4S/c1-29-23(30)22(34-25(29)28-19-4-2-3-17(13-19)24(31)32)12-16-7-10-21(20(26)11-16)33-14-15-5-8-18(27)9-6-15/h2-13H,14H2,1H3,(H,31,32)/b22-12+,28-25?. The predicted octanol–water partition coefficient (Wildman–Crippen LogP) is 6.61. The molecule has 4 rings (SSSR count). The summed E-state index contributed by atoms with van der Waals surface area (Å²) in [4.78, 5) is 30.3. The smallest absolute Gasteiger partial charge is 0.335 e. The number of rotatable bonds is 6. The summed E-state index contributed by atoms with van der Waals surface area (Å²) < 4.78 is 6.65. The third kappa shape index (κ3) is 5.70. The largest absolute Gasteiger partial charge is 0.488 e. The van der Waals surface area contributed by atoms with Gasteiger partial charge in [0.15, 0.2) is 5.17 Å². The number of ether oxygens (including phenoxy) is 1. The van der Waals surface area contributed by atoms with Gasteiger partial charge in [-0.05, 0) is 87.4 Å². The lowest BCUT2D eigenvalue weighted by Crippen LogP contribution is -2.23. The monoisotopic (exact) mass is 556 g/mol. The summed E-state index contributed by atoms with van der Waals surface area (Å²) in [5, 5.41) is 10.3. The minimum absolute atomic E-state index is 0.137. The van der Waals surface area contributed by atoms with Crippen LogP contribution in [0.4, 0.5) is 5.69 Å². The number of carboxylic acid groups (broad SMARTS) is 1. The molecular formula is C25H18BrClN2O4S. The van der Waals surface area contributed by atoms with Crippen LogP contribution in [0, 0.1) is 0 Å². The molecule has 1 amide bonds. The molecule has 1 aliphatic rings. The van der Waals surface area contributed by atoms with E-state index in [1.54, 1.807) is 25.3 Å². The number of carbonyl (C=O) groups is 2. The Kier molecular flexibility index (Phi) is 7.41.